The van der Waals surface area contributed by atoms with Crippen molar-refractivity contribution in [3.05, 3.63) is 23.2 Å². The molecule has 0 bridgehead atoms. The average molecular weight is 283 g/mol. The van der Waals surface area contributed by atoms with Crippen molar-refractivity contribution in [2.45, 2.75) is 6.42 Å². The molecule has 1 heterocycles. The van der Waals surface area contributed by atoms with Crippen LogP contribution in [-0.2, 0) is 4.79 Å². The lowest BCUT2D eigenvalue weighted by molar-refractivity contribution is -0.117. The lowest BCUT2D eigenvalue weighted by Crippen LogP contribution is -2.35. The number of nitrogens with two attached hydrogens (primary N) is 1. The van der Waals surface area contributed by atoms with Crippen LogP contribution < -0.4 is 16.4 Å². The number of nitrogen functional groups attached to an aromatic ring is 1. The van der Waals surface area contributed by atoms with Crippen LogP contribution in [0.3, 0.4) is 0 Å². The van der Waals surface area contributed by atoms with E-state index in [-0.39, 0.29) is 5.91 Å². The molecule has 0 spiro atoms. The maximum atomic E-state index is 11.9. The minimum absolute atomic E-state index is 0.0244. The number of hydrogen-bond acceptors (Lipinski definition) is 4. The molecule has 0 radical (unpaired) electrons. The van der Waals surface area contributed by atoms with Crippen LogP contribution in [0.15, 0.2) is 18.2 Å². The number of nitrogens with one attached hydrogen (secondary N) is 2. The van der Waals surface area contributed by atoms with Gasteiger partial charge in [-0.1, -0.05) is 11.6 Å². The van der Waals surface area contributed by atoms with Crippen molar-refractivity contribution in [1.29, 1.82) is 0 Å². The largest absolute Gasteiger partial charge is 0.397 e. The van der Waals surface area contributed by atoms with E-state index in [4.69, 9.17) is 17.3 Å². The molecule has 2 rings (SSSR count). The second-order valence-electron chi connectivity index (χ2n) is 4.66. The van der Waals surface area contributed by atoms with Crippen molar-refractivity contribution in [2.24, 2.45) is 0 Å². The Kier molecular flexibility index (Phi) is 5.01. The zero-order chi connectivity index (χ0) is 13.7. The number of benzene rings is 1. The molecule has 1 amide bonds. The predicted octanol–water partition coefficient (Wildman–Crippen LogP) is 1.16. The number of carbonyl (C=O) groups is 1. The fourth-order valence-electron chi connectivity index (χ4n) is 2.08. The van der Waals surface area contributed by atoms with Crippen LogP contribution in [0.4, 0.5) is 11.4 Å². The highest BCUT2D eigenvalue weighted by molar-refractivity contribution is 6.33. The molecule has 1 aliphatic rings. The quantitative estimate of drug-likeness (QED) is 0.728. The van der Waals surface area contributed by atoms with Crippen molar-refractivity contribution >= 4 is 28.9 Å². The number of hydrogen-bond donors (Lipinski definition) is 3. The monoisotopic (exact) mass is 282 g/mol. The van der Waals surface area contributed by atoms with E-state index in [9.17, 15) is 4.79 Å². The van der Waals surface area contributed by atoms with Gasteiger partial charge in [0.05, 0.1) is 17.3 Å². The van der Waals surface area contributed by atoms with Gasteiger partial charge in [0.25, 0.3) is 0 Å². The molecule has 0 atom stereocenters. The second kappa shape index (κ2) is 6.75. The van der Waals surface area contributed by atoms with Crippen molar-refractivity contribution in [2.75, 3.05) is 43.8 Å². The molecule has 104 valence electrons. The van der Waals surface area contributed by atoms with E-state index in [1.807, 2.05) is 0 Å². The van der Waals surface area contributed by atoms with Gasteiger partial charge in [-0.2, -0.15) is 0 Å². The van der Waals surface area contributed by atoms with Crippen molar-refractivity contribution in [3.63, 3.8) is 0 Å². The number of halogens is 1. The highest BCUT2D eigenvalue weighted by Gasteiger charge is 2.12. The fourth-order valence-corrected chi connectivity index (χ4v) is 2.20. The summed E-state index contributed by atoms with van der Waals surface area (Å²) in [5, 5.41) is 6.64. The summed E-state index contributed by atoms with van der Waals surface area (Å²) in [6.07, 6.45) is 1.07. The Morgan fingerprint density at radius 3 is 3.05 bits per heavy atom. The number of nitrogens with zero attached hydrogens (tertiary/aromatic N) is 1. The Hall–Kier alpha value is -1.30. The van der Waals surface area contributed by atoms with Gasteiger partial charge in [0, 0.05) is 18.8 Å². The van der Waals surface area contributed by atoms with Crippen LogP contribution in [0, 0.1) is 0 Å². The van der Waals surface area contributed by atoms with Gasteiger partial charge in [-0.25, -0.2) is 0 Å². The number of rotatable bonds is 3. The standard InChI is InChI=1S/C13H19ClN4O/c14-11-3-2-10(8-12(11)15)17-13(19)9-18-6-1-4-16-5-7-18/h2-3,8,16H,1,4-7,9,15H2,(H,17,19). The zero-order valence-corrected chi connectivity index (χ0v) is 11.5. The maximum absolute atomic E-state index is 11.9. The molecule has 0 aliphatic carbocycles. The molecule has 19 heavy (non-hydrogen) atoms. The van der Waals surface area contributed by atoms with E-state index < -0.39 is 0 Å². The van der Waals surface area contributed by atoms with Gasteiger partial charge in [-0.15, -0.1) is 0 Å². The fraction of sp³-hybridized carbons (Fsp3) is 0.462. The summed E-state index contributed by atoms with van der Waals surface area (Å²) >= 11 is 5.84. The molecule has 0 aromatic heterocycles. The molecular weight excluding hydrogens is 264 g/mol. The van der Waals surface area contributed by atoms with E-state index in [1.165, 1.54) is 0 Å². The Bertz CT molecular complexity index is 444. The average Bonchev–Trinajstić information content (AvgIpc) is 2.62. The minimum atomic E-state index is -0.0244. The minimum Gasteiger partial charge on any atom is -0.397 e. The Morgan fingerprint density at radius 1 is 1.42 bits per heavy atom. The van der Waals surface area contributed by atoms with Gasteiger partial charge in [0.15, 0.2) is 0 Å². The van der Waals surface area contributed by atoms with Gasteiger partial charge >= 0.3 is 0 Å². The first-order valence-corrected chi connectivity index (χ1v) is 6.81. The molecule has 1 aliphatic heterocycles. The Morgan fingerprint density at radius 2 is 2.26 bits per heavy atom. The van der Waals surface area contributed by atoms with Crippen LogP contribution in [0.25, 0.3) is 0 Å². The molecule has 4 N–H and O–H groups in total. The summed E-state index contributed by atoms with van der Waals surface area (Å²) in [6.45, 7) is 4.20. The summed E-state index contributed by atoms with van der Waals surface area (Å²) < 4.78 is 0. The van der Waals surface area contributed by atoms with Gasteiger partial charge < -0.3 is 16.4 Å². The van der Waals surface area contributed by atoms with Crippen molar-refractivity contribution < 1.29 is 4.79 Å². The van der Waals surface area contributed by atoms with Crippen molar-refractivity contribution in [1.82, 2.24) is 10.2 Å². The first-order valence-electron chi connectivity index (χ1n) is 6.43. The molecular formula is C13H19ClN4O. The lowest BCUT2D eigenvalue weighted by atomic mass is 10.3. The van der Waals surface area contributed by atoms with Gasteiger partial charge in [0.1, 0.15) is 0 Å². The molecule has 1 aromatic rings. The molecule has 6 heteroatoms. The maximum Gasteiger partial charge on any atom is 0.238 e. The third-order valence-electron chi connectivity index (χ3n) is 3.08. The third kappa shape index (κ3) is 4.38. The first-order chi connectivity index (χ1) is 9.15. The lowest BCUT2D eigenvalue weighted by Gasteiger charge is -2.18. The normalized spacial score (nSPS) is 16.9. The third-order valence-corrected chi connectivity index (χ3v) is 3.42. The summed E-state index contributed by atoms with van der Waals surface area (Å²) in [7, 11) is 0. The number of anilines is 2. The number of amides is 1. The Balaban J connectivity index is 1.87. The molecule has 5 nitrogen and oxygen atoms in total. The number of carbonyl (C=O) groups excluding carboxylic acids is 1. The summed E-state index contributed by atoms with van der Waals surface area (Å²) in [5.41, 5.74) is 6.85. The van der Waals surface area contributed by atoms with Crippen LogP contribution in [0.1, 0.15) is 6.42 Å². The van der Waals surface area contributed by atoms with E-state index in [1.54, 1.807) is 18.2 Å². The second-order valence-corrected chi connectivity index (χ2v) is 5.07. The van der Waals surface area contributed by atoms with Crippen LogP contribution in [-0.4, -0.2) is 43.5 Å². The molecule has 1 fully saturated rings. The van der Waals surface area contributed by atoms with Crippen LogP contribution >= 0.6 is 11.6 Å². The first kappa shape index (κ1) is 14.1. The SMILES string of the molecule is Nc1cc(NC(=O)CN2CCCNCC2)ccc1Cl. The van der Waals surface area contributed by atoms with E-state index in [0.717, 1.165) is 32.6 Å². The topological polar surface area (TPSA) is 70.4 Å². The smallest absolute Gasteiger partial charge is 0.238 e. The highest BCUT2D eigenvalue weighted by Crippen LogP contribution is 2.22. The van der Waals surface area contributed by atoms with Gasteiger partial charge in [0.2, 0.25) is 5.91 Å². The Labute approximate surface area is 118 Å². The molecule has 0 saturated carbocycles. The molecule has 0 unspecified atom stereocenters. The molecule has 1 saturated heterocycles. The summed E-state index contributed by atoms with van der Waals surface area (Å²) in [6, 6.07) is 5.10. The van der Waals surface area contributed by atoms with E-state index >= 15 is 0 Å². The highest BCUT2D eigenvalue weighted by atomic mass is 35.5. The molecule has 1 aromatic carbocycles. The summed E-state index contributed by atoms with van der Waals surface area (Å²) in [4.78, 5) is 14.1. The van der Waals surface area contributed by atoms with Gasteiger partial charge in [-0.05, 0) is 37.7 Å². The zero-order valence-electron chi connectivity index (χ0n) is 10.8. The van der Waals surface area contributed by atoms with Crippen LogP contribution in [0.2, 0.25) is 5.02 Å². The summed E-state index contributed by atoms with van der Waals surface area (Å²) in [5.74, 6) is -0.0244. The van der Waals surface area contributed by atoms with E-state index in [0.29, 0.717) is 22.9 Å². The van der Waals surface area contributed by atoms with Crippen molar-refractivity contribution in [3.8, 4) is 0 Å². The van der Waals surface area contributed by atoms with Crippen LogP contribution in [0.5, 0.6) is 0 Å². The predicted molar refractivity (Wildman–Crippen MR) is 78.4 cm³/mol. The van der Waals surface area contributed by atoms with Gasteiger partial charge in [-0.3, -0.25) is 9.69 Å². The van der Waals surface area contributed by atoms with E-state index in [2.05, 4.69) is 15.5 Å².